The van der Waals surface area contributed by atoms with Gasteiger partial charge in [-0.1, -0.05) is 46.4 Å². The zero-order valence-corrected chi connectivity index (χ0v) is 19.9. The Morgan fingerprint density at radius 3 is 1.28 bits per heavy atom. The van der Waals surface area contributed by atoms with Crippen LogP contribution in [0.1, 0.15) is 13.8 Å². The molecule has 0 aliphatic rings. The summed E-state index contributed by atoms with van der Waals surface area (Å²) >= 11 is 22.8. The van der Waals surface area contributed by atoms with Crippen molar-refractivity contribution in [2.75, 3.05) is 0 Å². The van der Waals surface area contributed by atoms with Crippen molar-refractivity contribution in [3.05, 3.63) is 56.5 Å². The van der Waals surface area contributed by atoms with Crippen LogP contribution in [-0.4, -0.2) is 32.6 Å². The van der Waals surface area contributed by atoms with Gasteiger partial charge in [0.25, 0.3) is 0 Å². The van der Waals surface area contributed by atoms with E-state index in [4.69, 9.17) is 80.4 Å². The highest BCUT2D eigenvalue weighted by molar-refractivity contribution is 7.30. The Hall–Kier alpha value is -0.440. The van der Waals surface area contributed by atoms with E-state index in [0.29, 0.717) is 31.6 Å². The summed E-state index contributed by atoms with van der Waals surface area (Å²) in [5, 5.41) is 19.6. The molecule has 2 atom stereocenters. The second-order valence-electron chi connectivity index (χ2n) is 4.87. The van der Waals surface area contributed by atoms with Crippen molar-refractivity contribution in [3.63, 3.8) is 0 Å². The second kappa shape index (κ2) is 16.3. The summed E-state index contributed by atoms with van der Waals surface area (Å²) in [5.74, 6) is 0.854. The first-order chi connectivity index (χ1) is 12.9. The van der Waals surface area contributed by atoms with E-state index in [1.54, 1.807) is 36.4 Å². The molecular weight excluding hydrogens is 512 g/mol. The predicted octanol–water partition coefficient (Wildman–Crippen LogP) is 5.20. The minimum absolute atomic E-state index is 0. The van der Waals surface area contributed by atoms with Gasteiger partial charge < -0.3 is 29.5 Å². The van der Waals surface area contributed by atoms with Crippen LogP contribution in [0.25, 0.3) is 0 Å². The van der Waals surface area contributed by atoms with Crippen LogP contribution in [-0.2, 0) is 4.57 Å². The fourth-order valence-electron chi connectivity index (χ4n) is 1.51. The van der Waals surface area contributed by atoms with Gasteiger partial charge in [0.05, 0.1) is 10.0 Å². The molecule has 0 amide bonds. The van der Waals surface area contributed by atoms with E-state index >= 15 is 0 Å². The van der Waals surface area contributed by atoms with E-state index in [2.05, 4.69) is 0 Å². The van der Waals surface area contributed by atoms with E-state index in [9.17, 15) is 0 Å². The molecule has 7 nitrogen and oxygen atoms in total. The number of benzene rings is 2. The molecule has 0 saturated carbocycles. The predicted molar refractivity (Wildman–Crippen MR) is 118 cm³/mol. The summed E-state index contributed by atoms with van der Waals surface area (Å²) in [6.07, 6.45) is -1.74. The Labute approximate surface area is 195 Å². The normalized spacial score (nSPS) is 11.7. The van der Waals surface area contributed by atoms with Gasteiger partial charge in [-0.25, -0.2) is 0 Å². The fraction of sp³-hybridized carbons (Fsp3) is 0.250. The molecule has 0 aliphatic carbocycles. The lowest BCUT2D eigenvalue weighted by Crippen LogP contribution is -2.09. The van der Waals surface area contributed by atoms with Crippen LogP contribution >= 0.6 is 67.1 Å². The average molecular weight is 533 g/mol. The molecule has 0 aromatic heterocycles. The van der Waals surface area contributed by atoms with Gasteiger partial charge in [-0.05, 0) is 50.2 Å². The molecule has 0 aliphatic heterocycles. The van der Waals surface area contributed by atoms with Crippen LogP contribution < -0.4 is 9.47 Å². The third kappa shape index (κ3) is 16.0. The molecule has 13 heteroatoms. The van der Waals surface area contributed by atoms with E-state index in [1.807, 2.05) is 0 Å². The molecule has 4 N–H and O–H groups in total. The molecular formula is C16H20Cl5O7P. The van der Waals surface area contributed by atoms with Crippen molar-refractivity contribution in [1.82, 2.24) is 0 Å². The molecule has 0 heterocycles. The number of aliphatic hydroxyl groups is 2. The summed E-state index contributed by atoms with van der Waals surface area (Å²) in [4.78, 5) is 14.3. The van der Waals surface area contributed by atoms with Gasteiger partial charge in [-0.15, -0.1) is 12.4 Å². The molecule has 0 radical (unpaired) electrons. The molecule has 0 saturated heterocycles. The Morgan fingerprint density at radius 2 is 1.07 bits per heavy atom. The molecule has 2 rings (SSSR count). The first-order valence-corrected chi connectivity index (χ1v) is 10.2. The highest BCUT2D eigenvalue weighted by Crippen LogP contribution is 2.28. The van der Waals surface area contributed by atoms with Gasteiger partial charge in [-0.3, -0.25) is 4.57 Å². The Balaban J connectivity index is 0. The van der Waals surface area contributed by atoms with Crippen LogP contribution in [0.3, 0.4) is 0 Å². The van der Waals surface area contributed by atoms with E-state index < -0.39 is 20.8 Å². The lowest BCUT2D eigenvalue weighted by Gasteiger charge is -2.09. The van der Waals surface area contributed by atoms with Crippen molar-refractivity contribution in [3.8, 4) is 11.5 Å². The minimum atomic E-state index is -3.13. The summed E-state index contributed by atoms with van der Waals surface area (Å²) < 4.78 is 18.7. The lowest BCUT2D eigenvalue weighted by molar-refractivity contribution is -0.000798. The van der Waals surface area contributed by atoms with Gasteiger partial charge in [0.15, 0.2) is 12.6 Å². The van der Waals surface area contributed by atoms with Crippen molar-refractivity contribution in [1.29, 1.82) is 0 Å². The topological polar surface area (TPSA) is 116 Å². The maximum Gasteiger partial charge on any atom is 0.314 e. The third-order valence-electron chi connectivity index (χ3n) is 2.38. The quantitative estimate of drug-likeness (QED) is 0.316. The Morgan fingerprint density at radius 1 is 0.793 bits per heavy atom. The van der Waals surface area contributed by atoms with Crippen molar-refractivity contribution >= 4 is 67.1 Å². The average Bonchev–Trinajstić information content (AvgIpc) is 2.52. The first-order valence-electron chi connectivity index (χ1n) is 7.43. The highest BCUT2D eigenvalue weighted by atomic mass is 35.5. The number of hydrogen-bond donors (Lipinski definition) is 4. The molecule has 2 unspecified atom stereocenters. The van der Waals surface area contributed by atoms with Crippen LogP contribution in [0, 0.1) is 0 Å². The van der Waals surface area contributed by atoms with Crippen LogP contribution in [0.2, 0.25) is 20.1 Å². The first kappa shape index (κ1) is 30.8. The minimum Gasteiger partial charge on any atom is -0.464 e. The summed E-state index contributed by atoms with van der Waals surface area (Å²) in [5.41, 5.74) is 0. The van der Waals surface area contributed by atoms with E-state index in [-0.39, 0.29) is 12.4 Å². The van der Waals surface area contributed by atoms with Crippen LogP contribution in [0.5, 0.6) is 11.5 Å². The molecule has 166 valence electrons. The maximum atomic E-state index is 8.89. The van der Waals surface area contributed by atoms with Gasteiger partial charge in [-0.2, -0.15) is 0 Å². The summed E-state index contributed by atoms with van der Waals surface area (Å²) in [6, 6.07) is 9.62. The highest BCUT2D eigenvalue weighted by Gasteiger charge is 2.05. The van der Waals surface area contributed by atoms with Gasteiger partial charge in [0, 0.05) is 10.0 Å². The van der Waals surface area contributed by atoms with Crippen molar-refractivity contribution in [2.45, 2.75) is 26.4 Å². The maximum absolute atomic E-state index is 8.89. The largest absolute Gasteiger partial charge is 0.464 e. The molecule has 0 bridgehead atoms. The van der Waals surface area contributed by atoms with E-state index in [1.165, 1.54) is 13.8 Å². The molecule has 2 aromatic rings. The molecule has 2 aromatic carbocycles. The van der Waals surface area contributed by atoms with Gasteiger partial charge in [0.2, 0.25) is 0 Å². The molecule has 0 fully saturated rings. The number of hydrogen-bond acceptors (Lipinski definition) is 5. The SMILES string of the molecule is CC(O)Oc1ccc(Cl)cc1Cl.CC(O)Oc1ccc(Cl)cc1Cl.Cl.O=[PH](O)O. The van der Waals surface area contributed by atoms with Gasteiger partial charge in [0.1, 0.15) is 11.5 Å². The number of rotatable bonds is 4. The Bertz CT molecular complexity index is 701. The van der Waals surface area contributed by atoms with Gasteiger partial charge >= 0.3 is 8.25 Å². The zero-order valence-electron chi connectivity index (χ0n) is 15.1. The van der Waals surface area contributed by atoms with Crippen LogP contribution in [0.15, 0.2) is 36.4 Å². The smallest absolute Gasteiger partial charge is 0.314 e. The van der Waals surface area contributed by atoms with Crippen molar-refractivity contribution in [2.24, 2.45) is 0 Å². The molecule has 29 heavy (non-hydrogen) atoms. The summed E-state index contributed by atoms with van der Waals surface area (Å²) in [6.45, 7) is 3.01. The van der Waals surface area contributed by atoms with Crippen LogP contribution in [0.4, 0.5) is 0 Å². The lowest BCUT2D eigenvalue weighted by atomic mass is 10.3. The number of halogens is 5. The second-order valence-corrected chi connectivity index (χ2v) is 7.12. The Kier molecular flexibility index (Phi) is 17.3. The summed E-state index contributed by atoms with van der Waals surface area (Å²) in [7, 11) is -3.13. The monoisotopic (exact) mass is 530 g/mol. The van der Waals surface area contributed by atoms with E-state index in [0.717, 1.165) is 0 Å². The standard InChI is InChI=1S/2C8H8Cl2O2.ClH.H3O3P/c2*1-5(11)12-8-3-2-6(9)4-7(8)10;;1-4(2)3/h2*2-5,11H,1H3;1H;4H,(H2,1,2,3). The fourth-order valence-corrected chi connectivity index (χ4v) is 2.42. The van der Waals surface area contributed by atoms with Crippen molar-refractivity contribution < 1.29 is 34.0 Å². The zero-order chi connectivity index (χ0) is 21.9. The number of ether oxygens (including phenoxy) is 2. The molecule has 0 spiro atoms. The number of aliphatic hydroxyl groups excluding tert-OH is 2. The third-order valence-corrected chi connectivity index (χ3v) is 3.44.